The first kappa shape index (κ1) is 58.1. The van der Waals surface area contributed by atoms with E-state index in [1.54, 1.807) is 0 Å². The Morgan fingerprint density at radius 3 is 1.44 bits per heavy atom. The third-order valence-electron chi connectivity index (χ3n) is 11.6. The van der Waals surface area contributed by atoms with Gasteiger partial charge in [-0.05, 0) is 111 Å². The minimum atomic E-state index is -4.66. The fraction of sp³-hybridized carbons (Fsp3) is 0.417. The van der Waals surface area contributed by atoms with Crippen molar-refractivity contribution in [2.45, 2.75) is 82.7 Å². The van der Waals surface area contributed by atoms with Crippen LogP contribution in [0.3, 0.4) is 0 Å². The molecule has 3 heterocycles. The molecule has 3 aliphatic carbocycles. The summed E-state index contributed by atoms with van der Waals surface area (Å²) in [4.78, 5) is 46.3. The Balaban J connectivity index is 0.000000199. The van der Waals surface area contributed by atoms with Crippen molar-refractivity contribution in [3.63, 3.8) is 0 Å². The number of hydrogen-bond donors (Lipinski definition) is 0. The Morgan fingerprint density at radius 2 is 1.00 bits per heavy atom. The second-order valence-corrected chi connectivity index (χ2v) is 25.7. The van der Waals surface area contributed by atoms with Gasteiger partial charge in [-0.2, -0.15) is 0 Å². The topological polar surface area (TPSA) is 220 Å². The zero-order chi connectivity index (χ0) is 47.3. The van der Waals surface area contributed by atoms with Crippen LogP contribution < -0.4 is 88.9 Å². The molecule has 3 saturated heterocycles. The molecule has 0 radical (unpaired) electrons. The Labute approximate surface area is 451 Å². The van der Waals surface area contributed by atoms with Crippen LogP contribution in [0, 0.1) is 43.9 Å². The maximum atomic E-state index is 11.8. The molecular weight excluding hydrogens is 1220 g/mol. The zero-order valence-corrected chi connectivity index (χ0v) is 47.0. The van der Waals surface area contributed by atoms with Gasteiger partial charge in [0.2, 0.25) is 0 Å². The number of halogens is 3. The van der Waals surface area contributed by atoms with Gasteiger partial charge in [0, 0.05) is 12.3 Å². The minimum Gasteiger partial charge on any atom is -1.00 e. The van der Waals surface area contributed by atoms with E-state index in [-0.39, 0.29) is 119 Å². The van der Waals surface area contributed by atoms with E-state index in [9.17, 15) is 45.1 Å². The normalized spacial score (nSPS) is 25.3. The number of fused-ring (bicyclic) bond motifs is 3. The molecule has 9 atom stereocenters. The number of carbonyl (C=O) groups excluding carboxylic acids is 4. The summed E-state index contributed by atoms with van der Waals surface area (Å²) in [5, 5.41) is 0. The van der Waals surface area contributed by atoms with Crippen molar-refractivity contribution < 1.29 is 153 Å². The molecular formula is C48H52BrI2NaO14S2. The van der Waals surface area contributed by atoms with Gasteiger partial charge in [-0.15, -0.1) is 0 Å². The standard InChI is InChI=1S/2C12H10I.C12H16O7S.C12H18O7S.BrH.Na/c2*1-3-7-11(8-4-1)13-12-9-5-2-6-10-12;13-10(5-20(15,16)17)19-11-7-1-6-2-8(4-7)12(14)18-9(11)3-6;1-7-4-8-2-3-10(13)18-9(5-8)12(7)19-11(14)6-20(15,16)17;;/h2*1-10H;6-9,11H,1-5H2,(H,15,16,17);7-9,12H,2-6H2,1H3,(H,15,16,17);1H;/q2*+1;;;;+1/p-3. The summed E-state index contributed by atoms with van der Waals surface area (Å²) in [5.41, 5.74) is 0. The molecule has 14 nitrogen and oxygen atoms in total. The van der Waals surface area contributed by atoms with Gasteiger partial charge in [0.05, 0.1) is 5.92 Å². The molecule has 0 amide bonds. The molecule has 3 saturated carbocycles. The summed E-state index contributed by atoms with van der Waals surface area (Å²) in [6.07, 6.45) is 3.08. The number of carbonyl (C=O) groups is 4. The van der Waals surface area contributed by atoms with E-state index in [4.69, 9.17) is 18.9 Å². The summed E-state index contributed by atoms with van der Waals surface area (Å²) in [6, 6.07) is 42.8. The number of ether oxygens (including phenoxy) is 4. The summed E-state index contributed by atoms with van der Waals surface area (Å²) < 4.78 is 90.1. The number of esters is 4. The molecule has 0 spiro atoms. The maximum Gasteiger partial charge on any atom is 1.00 e. The van der Waals surface area contributed by atoms with E-state index in [1.807, 2.05) is 6.92 Å². The van der Waals surface area contributed by atoms with Crippen molar-refractivity contribution in [2.24, 2.45) is 29.6 Å². The molecule has 68 heavy (non-hydrogen) atoms. The Hall–Kier alpha value is -2.48. The number of rotatable bonds is 10. The van der Waals surface area contributed by atoms with Crippen LogP contribution in [-0.4, -0.2) is 85.7 Å². The first-order chi connectivity index (χ1) is 31.5. The summed E-state index contributed by atoms with van der Waals surface area (Å²) in [5.74, 6) is -4.52. The fourth-order valence-electron chi connectivity index (χ4n) is 8.94. The van der Waals surface area contributed by atoms with Crippen LogP contribution in [0.4, 0.5) is 0 Å². The molecule has 0 aromatic heterocycles. The second-order valence-electron chi connectivity index (χ2n) is 16.8. The van der Waals surface area contributed by atoms with Crippen LogP contribution in [0.1, 0.15) is 58.3 Å². The van der Waals surface area contributed by atoms with Crippen molar-refractivity contribution in [2.75, 3.05) is 11.5 Å². The summed E-state index contributed by atoms with van der Waals surface area (Å²) in [6.45, 7) is 1.86. The number of benzene rings is 4. The van der Waals surface area contributed by atoms with E-state index in [2.05, 4.69) is 121 Å². The van der Waals surface area contributed by atoms with Gasteiger partial charge in [-0.25, -0.2) is 16.8 Å². The van der Waals surface area contributed by atoms with Gasteiger partial charge in [0.25, 0.3) is 0 Å². The van der Waals surface area contributed by atoms with Gasteiger partial charge < -0.3 is 45.0 Å². The van der Waals surface area contributed by atoms with Gasteiger partial charge >= 0.3 is 95.8 Å². The number of hydrogen-bond acceptors (Lipinski definition) is 14. The third-order valence-corrected chi connectivity index (χ3v) is 18.1. The maximum absolute atomic E-state index is 11.8. The molecule has 6 bridgehead atoms. The molecule has 4 aromatic carbocycles. The first-order valence-corrected chi connectivity index (χ1v) is 29.1. The Morgan fingerprint density at radius 1 is 0.588 bits per heavy atom. The molecule has 20 heteroatoms. The monoisotopic (exact) mass is 1270 g/mol. The van der Waals surface area contributed by atoms with Gasteiger partial charge in [-0.1, -0.05) is 79.7 Å². The van der Waals surface area contributed by atoms with Crippen LogP contribution in [0.25, 0.3) is 0 Å². The van der Waals surface area contributed by atoms with Crippen LogP contribution in [0.2, 0.25) is 0 Å². The Bertz CT molecular complexity index is 2300. The smallest absolute Gasteiger partial charge is 1.00 e. The molecule has 6 fully saturated rings. The van der Waals surface area contributed by atoms with E-state index in [0.717, 1.165) is 25.7 Å². The quantitative estimate of drug-likeness (QED) is 0.0475. The zero-order valence-electron chi connectivity index (χ0n) is 37.5. The Kier molecular flexibility index (Phi) is 23.9. The first-order valence-electron chi connectivity index (χ1n) is 21.6. The average Bonchev–Trinajstić information content (AvgIpc) is 3.53. The van der Waals surface area contributed by atoms with Gasteiger partial charge in [0.1, 0.15) is 56.2 Å². The minimum absolute atomic E-state index is 0. The van der Waals surface area contributed by atoms with E-state index >= 15 is 0 Å². The third kappa shape index (κ3) is 19.6. The molecule has 362 valence electrons. The molecule has 0 N–H and O–H groups in total. The predicted molar refractivity (Wildman–Crippen MR) is 229 cm³/mol. The summed E-state index contributed by atoms with van der Waals surface area (Å²) in [7, 11) is -9.31. The fourth-order valence-corrected chi connectivity index (χ4v) is 14.2. The predicted octanol–water partition coefficient (Wildman–Crippen LogP) is -6.36. The van der Waals surface area contributed by atoms with Crippen LogP contribution in [0.15, 0.2) is 121 Å². The van der Waals surface area contributed by atoms with E-state index in [0.29, 0.717) is 37.5 Å². The van der Waals surface area contributed by atoms with Crippen LogP contribution in [-0.2, 0) is 58.4 Å². The van der Waals surface area contributed by atoms with Crippen LogP contribution in [0.5, 0.6) is 0 Å². The molecule has 3 aliphatic heterocycles. The van der Waals surface area contributed by atoms with Crippen LogP contribution >= 0.6 is 0 Å². The van der Waals surface area contributed by atoms with Gasteiger partial charge in [-0.3, -0.25) is 19.2 Å². The van der Waals surface area contributed by atoms with Gasteiger partial charge in [0.15, 0.2) is 14.3 Å². The summed E-state index contributed by atoms with van der Waals surface area (Å²) >= 11 is 0.0574. The van der Waals surface area contributed by atoms with Crippen molar-refractivity contribution in [1.82, 2.24) is 0 Å². The van der Waals surface area contributed by atoms with Crippen molar-refractivity contribution >= 4 is 44.1 Å². The van der Waals surface area contributed by atoms with E-state index < -0.39 is 68.1 Å². The molecule has 6 aliphatic rings. The molecule has 10 rings (SSSR count). The average molecular weight is 1270 g/mol. The SMILES string of the molecule is CC1CC2CCC(=O)OC(C2)C1OC(=O)CS(=O)(=O)[O-].O=C(CS(=O)(=O)[O-])OC1C2CC3CC(C2)C(=O)OC1C3.[Br-].[Na+].c1ccc([I+]c2ccccc2)cc1.c1ccc([I+]c2ccccc2)cc1. The van der Waals surface area contributed by atoms with Crippen molar-refractivity contribution in [3.05, 3.63) is 136 Å². The second kappa shape index (κ2) is 27.9. The molecule has 9 unspecified atom stereocenters. The van der Waals surface area contributed by atoms with E-state index in [1.165, 1.54) is 14.3 Å². The molecule has 4 aromatic rings. The van der Waals surface area contributed by atoms with Crippen molar-refractivity contribution in [1.29, 1.82) is 0 Å². The largest absolute Gasteiger partial charge is 1.00 e. The van der Waals surface area contributed by atoms with Crippen molar-refractivity contribution in [3.8, 4) is 0 Å².